The largest absolute Gasteiger partial charge is 0.494 e. The van der Waals surface area contributed by atoms with Crippen molar-refractivity contribution in [2.75, 3.05) is 19.8 Å². The number of nitrogens with zero attached hydrogens (tertiary/aromatic N) is 5. The summed E-state index contributed by atoms with van der Waals surface area (Å²) in [5, 5.41) is 23.2. The summed E-state index contributed by atoms with van der Waals surface area (Å²) in [4.78, 5) is 18.2. The van der Waals surface area contributed by atoms with Gasteiger partial charge in [-0.3, -0.25) is 9.69 Å². The highest BCUT2D eigenvalue weighted by atomic mass is 16.5. The van der Waals surface area contributed by atoms with Gasteiger partial charge in [-0.2, -0.15) is 0 Å². The van der Waals surface area contributed by atoms with Crippen LogP contribution in [0.5, 0.6) is 5.75 Å². The van der Waals surface area contributed by atoms with E-state index in [1.165, 1.54) is 0 Å². The van der Waals surface area contributed by atoms with E-state index in [1.807, 2.05) is 66.2 Å². The van der Waals surface area contributed by atoms with Gasteiger partial charge in [-0.05, 0) is 59.5 Å². The second kappa shape index (κ2) is 11.9. The zero-order valence-electron chi connectivity index (χ0n) is 21.1. The molecule has 0 saturated heterocycles. The van der Waals surface area contributed by atoms with Crippen LogP contribution in [-0.2, 0) is 13.1 Å². The van der Waals surface area contributed by atoms with Gasteiger partial charge < -0.3 is 14.8 Å². The van der Waals surface area contributed by atoms with Gasteiger partial charge in [-0.25, -0.2) is 4.68 Å². The molecule has 0 bridgehead atoms. The van der Waals surface area contributed by atoms with E-state index in [4.69, 9.17) is 4.74 Å². The number of aromatic nitrogens is 5. The lowest BCUT2D eigenvalue weighted by molar-refractivity contribution is 0.122. The highest BCUT2D eigenvalue weighted by Crippen LogP contribution is 2.29. The van der Waals surface area contributed by atoms with Crippen molar-refractivity contribution in [2.45, 2.75) is 46.3 Å². The number of aromatic amines is 1. The van der Waals surface area contributed by atoms with Gasteiger partial charge in [0, 0.05) is 36.2 Å². The Balaban J connectivity index is 1.69. The quantitative estimate of drug-likeness (QED) is 0.313. The summed E-state index contributed by atoms with van der Waals surface area (Å²) in [7, 11) is 0. The van der Waals surface area contributed by atoms with Crippen LogP contribution >= 0.6 is 0 Å². The van der Waals surface area contributed by atoms with Crippen LogP contribution in [0.1, 0.15) is 50.2 Å². The average Bonchev–Trinajstić information content (AvgIpc) is 3.31. The van der Waals surface area contributed by atoms with Crippen molar-refractivity contribution in [3.05, 3.63) is 81.9 Å². The van der Waals surface area contributed by atoms with Gasteiger partial charge >= 0.3 is 0 Å². The maximum Gasteiger partial charge on any atom is 0.252 e. The Hall–Kier alpha value is -3.56. The molecule has 0 fully saturated rings. The number of aliphatic hydroxyl groups excluding tert-OH is 1. The average molecular weight is 491 g/mol. The summed E-state index contributed by atoms with van der Waals surface area (Å²) in [5.41, 5.74) is 2.38. The van der Waals surface area contributed by atoms with Gasteiger partial charge in [0.2, 0.25) is 0 Å². The molecule has 4 aromatic rings. The van der Waals surface area contributed by atoms with Crippen molar-refractivity contribution in [3.63, 3.8) is 0 Å². The molecule has 9 nitrogen and oxygen atoms in total. The lowest BCUT2D eigenvalue weighted by Gasteiger charge is -2.33. The van der Waals surface area contributed by atoms with Crippen molar-refractivity contribution >= 4 is 10.9 Å². The second-order valence-corrected chi connectivity index (χ2v) is 9.22. The zero-order valence-corrected chi connectivity index (χ0v) is 21.1. The molecule has 0 radical (unpaired) electrons. The van der Waals surface area contributed by atoms with E-state index in [1.54, 1.807) is 0 Å². The third-order valence-corrected chi connectivity index (χ3v) is 6.20. The maximum absolute atomic E-state index is 13.0. The third kappa shape index (κ3) is 5.98. The minimum atomic E-state index is -0.153. The number of nitrogens with one attached hydrogen (secondary N) is 1. The Bertz CT molecular complexity index is 1320. The fourth-order valence-corrected chi connectivity index (χ4v) is 4.59. The first-order valence-electron chi connectivity index (χ1n) is 12.4. The van der Waals surface area contributed by atoms with Crippen molar-refractivity contribution in [3.8, 4) is 5.75 Å². The summed E-state index contributed by atoms with van der Waals surface area (Å²) < 4.78 is 7.47. The van der Waals surface area contributed by atoms with Gasteiger partial charge in [-0.15, -0.1) is 5.10 Å². The highest BCUT2D eigenvalue weighted by Gasteiger charge is 2.29. The Kier molecular flexibility index (Phi) is 8.45. The van der Waals surface area contributed by atoms with Gasteiger partial charge in [-0.1, -0.05) is 44.2 Å². The number of hydrogen-bond donors (Lipinski definition) is 2. The Labute approximate surface area is 210 Å². The van der Waals surface area contributed by atoms with Crippen molar-refractivity contribution < 1.29 is 9.84 Å². The molecule has 2 N–H and O–H groups in total. The topological polar surface area (TPSA) is 109 Å². The molecule has 9 heteroatoms. The van der Waals surface area contributed by atoms with E-state index >= 15 is 0 Å². The lowest BCUT2D eigenvalue weighted by Crippen LogP contribution is -2.36. The first-order valence-corrected chi connectivity index (χ1v) is 12.4. The van der Waals surface area contributed by atoms with Crippen molar-refractivity contribution in [1.82, 2.24) is 30.1 Å². The van der Waals surface area contributed by atoms with Crippen molar-refractivity contribution in [1.29, 1.82) is 0 Å². The molecule has 0 aliphatic carbocycles. The highest BCUT2D eigenvalue weighted by molar-refractivity contribution is 5.80. The molecule has 0 unspecified atom stereocenters. The first kappa shape index (κ1) is 25.5. The van der Waals surface area contributed by atoms with Crippen LogP contribution in [0, 0.1) is 5.92 Å². The van der Waals surface area contributed by atoms with E-state index in [2.05, 4.69) is 39.3 Å². The third-order valence-electron chi connectivity index (χ3n) is 6.20. The van der Waals surface area contributed by atoms with Crippen molar-refractivity contribution in [2.24, 2.45) is 5.92 Å². The van der Waals surface area contributed by atoms with E-state index in [0.717, 1.165) is 28.0 Å². The summed E-state index contributed by atoms with van der Waals surface area (Å²) in [6.45, 7) is 8.36. The molecule has 0 saturated carbocycles. The molecule has 1 atom stereocenters. The fourth-order valence-electron chi connectivity index (χ4n) is 4.59. The first-order chi connectivity index (χ1) is 17.5. The Morgan fingerprint density at radius 2 is 1.94 bits per heavy atom. The Morgan fingerprint density at radius 1 is 1.14 bits per heavy atom. The molecule has 0 aliphatic rings. The predicted molar refractivity (Wildman–Crippen MR) is 139 cm³/mol. The minimum Gasteiger partial charge on any atom is -0.494 e. The predicted octanol–water partition coefficient (Wildman–Crippen LogP) is 3.54. The smallest absolute Gasteiger partial charge is 0.252 e. The summed E-state index contributed by atoms with van der Waals surface area (Å²) >= 11 is 0. The lowest BCUT2D eigenvalue weighted by atomic mass is 10.00. The summed E-state index contributed by atoms with van der Waals surface area (Å²) in [5.74, 6) is 1.66. The molecule has 2 aromatic carbocycles. The van der Waals surface area contributed by atoms with Crippen LogP contribution in [0.4, 0.5) is 0 Å². The van der Waals surface area contributed by atoms with Crippen LogP contribution in [0.25, 0.3) is 10.9 Å². The van der Waals surface area contributed by atoms with E-state index in [9.17, 15) is 9.90 Å². The Morgan fingerprint density at radius 3 is 2.67 bits per heavy atom. The van der Waals surface area contributed by atoms with E-state index < -0.39 is 0 Å². The number of benzene rings is 2. The summed E-state index contributed by atoms with van der Waals surface area (Å²) in [6.07, 6.45) is 0.573. The number of fused-ring (bicyclic) bond motifs is 1. The number of ether oxygens (including phenoxy) is 1. The number of H-pyrrole nitrogens is 1. The SMILES string of the molecule is CCOc1ccc2[nH]c(=O)c(CN(CCCO)[C@@H](c3nnnn3Cc3ccccc3)C(C)C)cc2c1. The normalized spacial score (nSPS) is 12.5. The van der Waals surface area contributed by atoms with Crippen LogP contribution in [0.2, 0.25) is 0 Å². The fraction of sp³-hybridized carbons (Fsp3) is 0.407. The molecule has 0 aliphatic heterocycles. The van der Waals surface area contributed by atoms with Gasteiger partial charge in [0.05, 0.1) is 19.2 Å². The second-order valence-electron chi connectivity index (χ2n) is 9.22. The van der Waals surface area contributed by atoms with Crippen LogP contribution in [0.3, 0.4) is 0 Å². The molecule has 2 aromatic heterocycles. The van der Waals surface area contributed by atoms with Gasteiger partial charge in [0.25, 0.3) is 5.56 Å². The molecular weight excluding hydrogens is 456 g/mol. The molecule has 36 heavy (non-hydrogen) atoms. The molecule has 190 valence electrons. The monoisotopic (exact) mass is 490 g/mol. The van der Waals surface area contributed by atoms with Gasteiger partial charge in [0.1, 0.15) is 5.75 Å². The number of aliphatic hydroxyl groups is 1. The number of tetrazole rings is 1. The van der Waals surface area contributed by atoms with Crippen LogP contribution in [0.15, 0.2) is 59.4 Å². The number of hydrogen-bond acceptors (Lipinski definition) is 7. The van der Waals surface area contributed by atoms with E-state index in [0.29, 0.717) is 38.2 Å². The number of pyridine rings is 1. The van der Waals surface area contributed by atoms with E-state index in [-0.39, 0.29) is 24.1 Å². The zero-order chi connectivity index (χ0) is 25.5. The van der Waals surface area contributed by atoms with Crippen LogP contribution < -0.4 is 10.3 Å². The minimum absolute atomic E-state index is 0.0576. The van der Waals surface area contributed by atoms with Crippen LogP contribution in [-0.4, -0.2) is 55.0 Å². The standard InChI is InChI=1S/C27H34N6O3/c1-4-36-23-11-12-24-21(16-23)15-22(27(35)28-24)18-32(13-8-14-34)25(19(2)3)26-29-30-31-33(26)17-20-9-6-5-7-10-20/h5-7,9-12,15-16,19,25,34H,4,8,13-14,17-18H2,1-3H3,(H,28,35)/t25-/m1/s1. The molecule has 0 amide bonds. The molecule has 0 spiro atoms. The molecular formula is C27H34N6O3. The van der Waals surface area contributed by atoms with Gasteiger partial charge in [0.15, 0.2) is 5.82 Å². The molecule has 4 rings (SSSR count). The molecule has 2 heterocycles. The maximum atomic E-state index is 13.0. The summed E-state index contributed by atoms with van der Waals surface area (Å²) in [6, 6.07) is 17.5. The number of rotatable bonds is 12.